The number of primary amides is 1. The fourth-order valence-electron chi connectivity index (χ4n) is 0.287. The van der Waals surface area contributed by atoms with Crippen LogP contribution in [0.4, 0.5) is 0 Å². The van der Waals surface area contributed by atoms with Crippen LogP contribution in [0, 0.1) is 0 Å². The number of rotatable bonds is 4. The molecule has 82 valence electrons. The number of hydrogen-bond acceptors (Lipinski definition) is 3. The van der Waals surface area contributed by atoms with Crippen molar-refractivity contribution in [3.05, 3.63) is 12.2 Å². The molecule has 0 spiro atoms. The van der Waals surface area contributed by atoms with Gasteiger partial charge in [-0.05, 0) is 6.92 Å². The van der Waals surface area contributed by atoms with Crippen LogP contribution in [0.25, 0.3) is 0 Å². The average Bonchev–Trinajstić information content (AvgIpc) is 2.04. The molecule has 0 aromatic rings. The second kappa shape index (κ2) is 8.52. The number of aliphatic carboxylic acids is 1. The molecule has 6 heteroatoms. The van der Waals surface area contributed by atoms with Crippen LogP contribution in [0.5, 0.6) is 0 Å². The minimum absolute atomic E-state index is 0.0521. The third-order valence-corrected chi connectivity index (χ3v) is 1.34. The minimum Gasteiger partial charge on any atom is -0.478 e. The van der Waals surface area contributed by atoms with Gasteiger partial charge in [0.1, 0.15) is 0 Å². The lowest BCUT2D eigenvalue weighted by Crippen LogP contribution is -2.20. The smallest absolute Gasteiger partial charge is 0.330 e. The van der Waals surface area contributed by atoms with Gasteiger partial charge in [0, 0.05) is 11.5 Å². The standard InChI is InChI=1S/C4H8ClNO2.C4H6O2/c5-2-3(7)1-4(6)8;1-3(2)4(5)6/h3,7H,1-2H2,(H2,6,8);1H2,2H3,(H,5,6). The van der Waals surface area contributed by atoms with E-state index in [1.165, 1.54) is 6.92 Å². The molecule has 0 radical (unpaired) electrons. The SMILES string of the molecule is C=C(C)C(=O)O.NC(=O)CC(O)CCl. The van der Waals surface area contributed by atoms with Gasteiger partial charge in [0.25, 0.3) is 0 Å². The number of amides is 1. The molecule has 4 N–H and O–H groups in total. The molecule has 0 aliphatic carbocycles. The van der Waals surface area contributed by atoms with E-state index in [0.717, 1.165) is 0 Å². The van der Waals surface area contributed by atoms with Crippen molar-refractivity contribution in [2.24, 2.45) is 5.73 Å². The summed E-state index contributed by atoms with van der Waals surface area (Å²) in [6.45, 7) is 4.60. The maximum atomic E-state index is 9.97. The molecule has 0 aromatic carbocycles. The van der Waals surface area contributed by atoms with Crippen LogP contribution >= 0.6 is 11.6 Å². The van der Waals surface area contributed by atoms with Crippen molar-refractivity contribution in [1.29, 1.82) is 0 Å². The molecule has 14 heavy (non-hydrogen) atoms. The molecule has 0 heterocycles. The van der Waals surface area contributed by atoms with E-state index in [4.69, 9.17) is 27.5 Å². The first kappa shape index (κ1) is 15.4. The third-order valence-electron chi connectivity index (χ3n) is 0.980. The van der Waals surface area contributed by atoms with Crippen molar-refractivity contribution in [2.75, 3.05) is 5.88 Å². The lowest BCUT2D eigenvalue weighted by Gasteiger charge is -1.99. The van der Waals surface area contributed by atoms with E-state index in [-0.39, 0.29) is 17.9 Å². The summed E-state index contributed by atoms with van der Waals surface area (Å²) in [7, 11) is 0. The first-order valence-electron chi connectivity index (χ1n) is 3.72. The van der Waals surface area contributed by atoms with E-state index >= 15 is 0 Å². The van der Waals surface area contributed by atoms with Crippen LogP contribution < -0.4 is 5.73 Å². The summed E-state index contributed by atoms with van der Waals surface area (Å²) in [4.78, 5) is 19.6. The molecular weight excluding hydrogens is 210 g/mol. The molecule has 1 atom stereocenters. The molecule has 0 saturated carbocycles. The molecule has 1 amide bonds. The van der Waals surface area contributed by atoms with Gasteiger partial charge in [0.2, 0.25) is 5.91 Å². The topological polar surface area (TPSA) is 101 Å². The van der Waals surface area contributed by atoms with Crippen molar-refractivity contribution in [3.8, 4) is 0 Å². The number of hydrogen-bond donors (Lipinski definition) is 3. The normalized spacial score (nSPS) is 10.8. The molecule has 1 unspecified atom stereocenters. The molecule has 0 fully saturated rings. The first-order valence-corrected chi connectivity index (χ1v) is 4.25. The van der Waals surface area contributed by atoms with Crippen LogP contribution in [0.1, 0.15) is 13.3 Å². The predicted molar refractivity (Wildman–Crippen MR) is 53.0 cm³/mol. The molecule has 5 nitrogen and oxygen atoms in total. The number of carbonyl (C=O) groups is 2. The van der Waals surface area contributed by atoms with Gasteiger partial charge >= 0.3 is 5.97 Å². The first-order chi connectivity index (χ1) is 6.31. The second-order valence-corrected chi connectivity index (χ2v) is 2.87. The monoisotopic (exact) mass is 223 g/mol. The summed E-state index contributed by atoms with van der Waals surface area (Å²) < 4.78 is 0. The van der Waals surface area contributed by atoms with Crippen molar-refractivity contribution >= 4 is 23.5 Å². The van der Waals surface area contributed by atoms with Crippen LogP contribution in [0.2, 0.25) is 0 Å². The summed E-state index contributed by atoms with van der Waals surface area (Å²) in [5, 5.41) is 16.5. The largest absolute Gasteiger partial charge is 0.478 e. The number of aliphatic hydroxyl groups excluding tert-OH is 1. The minimum atomic E-state index is -0.935. The Morgan fingerprint density at radius 2 is 1.93 bits per heavy atom. The molecule has 0 aliphatic heterocycles. The summed E-state index contributed by atoms with van der Waals surface area (Å²) >= 11 is 5.14. The van der Waals surface area contributed by atoms with Crippen molar-refractivity contribution in [3.63, 3.8) is 0 Å². The fraction of sp³-hybridized carbons (Fsp3) is 0.500. The Kier molecular flexibility index (Phi) is 9.38. The van der Waals surface area contributed by atoms with Crippen LogP contribution in [0.15, 0.2) is 12.2 Å². The number of carboxylic acids is 1. The fourth-order valence-corrected chi connectivity index (χ4v) is 0.396. The summed E-state index contributed by atoms with van der Waals surface area (Å²) in [6.07, 6.45) is -0.835. The van der Waals surface area contributed by atoms with Crippen molar-refractivity contribution in [2.45, 2.75) is 19.4 Å². The van der Waals surface area contributed by atoms with Gasteiger partial charge in [-0.1, -0.05) is 6.58 Å². The van der Waals surface area contributed by atoms with Crippen molar-refractivity contribution < 1.29 is 19.8 Å². The van der Waals surface area contributed by atoms with Gasteiger partial charge in [-0.25, -0.2) is 4.79 Å². The molecule has 0 bridgehead atoms. The number of carboxylic acid groups (broad SMARTS) is 1. The number of alkyl halides is 1. The van der Waals surface area contributed by atoms with E-state index in [1.54, 1.807) is 0 Å². The summed E-state index contributed by atoms with van der Waals surface area (Å²) in [5.41, 5.74) is 4.89. The van der Waals surface area contributed by atoms with E-state index in [0.29, 0.717) is 0 Å². The van der Waals surface area contributed by atoms with Gasteiger partial charge < -0.3 is 15.9 Å². The van der Waals surface area contributed by atoms with E-state index < -0.39 is 18.0 Å². The Labute approximate surface area is 87.2 Å². The highest BCUT2D eigenvalue weighted by molar-refractivity contribution is 6.18. The molecule has 0 saturated heterocycles. The quantitative estimate of drug-likeness (QED) is 0.465. The van der Waals surface area contributed by atoms with Gasteiger partial charge in [0.05, 0.1) is 12.5 Å². The predicted octanol–water partition coefficient (Wildman–Crippen LogP) is 0.109. The Morgan fingerprint density at radius 3 is 2.00 bits per heavy atom. The van der Waals surface area contributed by atoms with E-state index in [2.05, 4.69) is 6.58 Å². The number of halogens is 1. The highest BCUT2D eigenvalue weighted by Gasteiger charge is 2.04. The van der Waals surface area contributed by atoms with E-state index in [1.807, 2.05) is 0 Å². The number of nitrogens with two attached hydrogens (primary N) is 1. The van der Waals surface area contributed by atoms with Gasteiger partial charge in [0.15, 0.2) is 0 Å². The lowest BCUT2D eigenvalue weighted by molar-refractivity contribution is -0.132. The second-order valence-electron chi connectivity index (χ2n) is 2.56. The zero-order valence-electron chi connectivity index (χ0n) is 7.86. The maximum absolute atomic E-state index is 9.97. The highest BCUT2D eigenvalue weighted by Crippen LogP contribution is 1.91. The maximum Gasteiger partial charge on any atom is 0.330 e. The van der Waals surface area contributed by atoms with Gasteiger partial charge in [-0.2, -0.15) is 0 Å². The molecule has 0 aliphatic rings. The molecular formula is C8H14ClNO4. The lowest BCUT2D eigenvalue weighted by atomic mass is 10.3. The van der Waals surface area contributed by atoms with Gasteiger partial charge in [-0.15, -0.1) is 11.6 Å². The summed E-state index contributed by atoms with van der Waals surface area (Å²) in [6, 6.07) is 0. The Balaban J connectivity index is 0. The van der Waals surface area contributed by atoms with Crippen molar-refractivity contribution in [1.82, 2.24) is 0 Å². The van der Waals surface area contributed by atoms with Gasteiger partial charge in [-0.3, -0.25) is 4.79 Å². The zero-order valence-corrected chi connectivity index (χ0v) is 8.62. The summed E-state index contributed by atoms with van der Waals surface area (Å²) in [5.74, 6) is -1.41. The average molecular weight is 224 g/mol. The number of carbonyl (C=O) groups excluding carboxylic acids is 1. The van der Waals surface area contributed by atoms with Crippen LogP contribution in [-0.4, -0.2) is 34.1 Å². The van der Waals surface area contributed by atoms with E-state index in [9.17, 15) is 9.59 Å². The zero-order chi connectivity index (χ0) is 11.7. The highest BCUT2D eigenvalue weighted by atomic mass is 35.5. The molecule has 0 aromatic heterocycles. The van der Waals surface area contributed by atoms with Crippen LogP contribution in [-0.2, 0) is 9.59 Å². The Morgan fingerprint density at radius 1 is 1.57 bits per heavy atom. The third kappa shape index (κ3) is 13.5. The van der Waals surface area contributed by atoms with Crippen LogP contribution in [0.3, 0.4) is 0 Å². The Bertz CT molecular complexity index is 205. The Hall–Kier alpha value is -1.07. The molecule has 0 rings (SSSR count). The number of aliphatic hydroxyl groups is 1.